The summed E-state index contributed by atoms with van der Waals surface area (Å²) in [7, 11) is 0. The molecule has 0 aliphatic carbocycles. The lowest BCUT2D eigenvalue weighted by Crippen LogP contribution is -2.11. The van der Waals surface area contributed by atoms with Crippen molar-refractivity contribution in [3.8, 4) is 11.3 Å². The van der Waals surface area contributed by atoms with Crippen molar-refractivity contribution in [2.45, 2.75) is 0 Å². The van der Waals surface area contributed by atoms with E-state index in [0.717, 1.165) is 12.1 Å². The second-order valence-corrected chi connectivity index (χ2v) is 5.43. The normalized spacial score (nSPS) is 10.5. The Morgan fingerprint density at radius 2 is 1.92 bits per heavy atom. The molecule has 8 heteroatoms. The molecule has 0 saturated carbocycles. The lowest BCUT2D eigenvalue weighted by molar-refractivity contribution is -0.387. The van der Waals surface area contributed by atoms with E-state index in [0.29, 0.717) is 16.3 Å². The number of carbonyl (C=O) groups is 1. The maximum absolute atomic E-state index is 13.3. The van der Waals surface area contributed by atoms with E-state index < -0.39 is 22.3 Å². The van der Waals surface area contributed by atoms with Gasteiger partial charge >= 0.3 is 5.69 Å². The topological polar surface area (TPSA) is 85.4 Å². The highest BCUT2D eigenvalue weighted by Crippen LogP contribution is 2.29. The Morgan fingerprint density at radius 1 is 1.16 bits per heavy atom. The molecule has 25 heavy (non-hydrogen) atoms. The molecular weight excluding hydrogens is 351 g/mol. The minimum atomic E-state index is -0.984. The monoisotopic (exact) mass is 360 g/mol. The van der Waals surface area contributed by atoms with E-state index in [4.69, 9.17) is 16.0 Å². The van der Waals surface area contributed by atoms with Crippen LogP contribution in [0.1, 0.15) is 10.6 Å². The average Bonchev–Trinajstić information content (AvgIpc) is 3.06. The lowest BCUT2D eigenvalue weighted by atomic mass is 10.2. The Labute approximate surface area is 146 Å². The summed E-state index contributed by atoms with van der Waals surface area (Å²) in [4.78, 5) is 22.1. The maximum atomic E-state index is 13.3. The zero-order valence-corrected chi connectivity index (χ0v) is 13.3. The number of benzene rings is 2. The van der Waals surface area contributed by atoms with Gasteiger partial charge in [0.25, 0.3) is 5.91 Å². The molecule has 0 saturated heterocycles. The van der Waals surface area contributed by atoms with Gasteiger partial charge in [-0.05, 0) is 36.4 Å². The van der Waals surface area contributed by atoms with Gasteiger partial charge in [-0.3, -0.25) is 14.9 Å². The first kappa shape index (κ1) is 16.7. The largest absolute Gasteiger partial charge is 0.451 e. The van der Waals surface area contributed by atoms with Crippen LogP contribution in [0.2, 0.25) is 5.02 Å². The van der Waals surface area contributed by atoms with E-state index in [-0.39, 0.29) is 11.4 Å². The van der Waals surface area contributed by atoms with Crippen molar-refractivity contribution in [1.29, 1.82) is 0 Å². The Kier molecular flexibility index (Phi) is 4.49. The fourth-order valence-electron chi connectivity index (χ4n) is 2.19. The molecule has 6 nitrogen and oxygen atoms in total. The van der Waals surface area contributed by atoms with Crippen molar-refractivity contribution in [1.82, 2.24) is 0 Å². The van der Waals surface area contributed by atoms with Crippen LogP contribution < -0.4 is 5.32 Å². The predicted molar refractivity (Wildman–Crippen MR) is 90.2 cm³/mol. The summed E-state index contributed by atoms with van der Waals surface area (Å²) in [6, 6.07) is 13.1. The molecule has 3 rings (SSSR count). The Morgan fingerprint density at radius 3 is 2.64 bits per heavy atom. The van der Waals surface area contributed by atoms with Gasteiger partial charge in [-0.15, -0.1) is 0 Å². The van der Waals surface area contributed by atoms with Gasteiger partial charge in [0.1, 0.15) is 5.76 Å². The molecule has 1 N–H and O–H groups in total. The van der Waals surface area contributed by atoms with Crippen LogP contribution in [0.5, 0.6) is 0 Å². The summed E-state index contributed by atoms with van der Waals surface area (Å²) in [5.41, 5.74) is -0.0246. The zero-order valence-electron chi connectivity index (χ0n) is 12.5. The molecule has 0 aliphatic rings. The predicted octanol–water partition coefficient (Wildman–Crippen LogP) is 4.90. The number of furan rings is 1. The number of carbonyl (C=O) groups excluding carboxylic acids is 1. The van der Waals surface area contributed by atoms with Gasteiger partial charge in [-0.1, -0.05) is 23.7 Å². The van der Waals surface area contributed by atoms with E-state index in [2.05, 4.69) is 5.32 Å². The van der Waals surface area contributed by atoms with E-state index in [1.165, 1.54) is 12.1 Å². The number of rotatable bonds is 4. The van der Waals surface area contributed by atoms with Crippen molar-refractivity contribution in [2.24, 2.45) is 0 Å². The lowest BCUT2D eigenvalue weighted by Gasteiger charge is -2.04. The second kappa shape index (κ2) is 6.74. The van der Waals surface area contributed by atoms with Gasteiger partial charge in [-0.25, -0.2) is 0 Å². The van der Waals surface area contributed by atoms with Gasteiger partial charge in [0.05, 0.1) is 9.95 Å². The molecule has 1 amide bonds. The number of amides is 1. The van der Waals surface area contributed by atoms with Crippen LogP contribution >= 0.6 is 11.6 Å². The molecule has 0 atom stereocenters. The number of nitro benzene ring substituents is 1. The molecule has 0 aliphatic heterocycles. The summed E-state index contributed by atoms with van der Waals surface area (Å²) in [5.74, 6) is -1.22. The van der Waals surface area contributed by atoms with Crippen LogP contribution in [0, 0.1) is 15.9 Å². The van der Waals surface area contributed by atoms with E-state index in [9.17, 15) is 19.3 Å². The molecule has 1 heterocycles. The number of nitrogens with zero attached hydrogens (tertiary/aromatic N) is 1. The van der Waals surface area contributed by atoms with Gasteiger partial charge in [0.15, 0.2) is 5.76 Å². The van der Waals surface area contributed by atoms with Gasteiger partial charge in [-0.2, -0.15) is 4.39 Å². The molecule has 0 radical (unpaired) electrons. The fraction of sp³-hybridized carbons (Fsp3) is 0. The number of hydrogen-bond donors (Lipinski definition) is 1. The van der Waals surface area contributed by atoms with Gasteiger partial charge in [0.2, 0.25) is 5.82 Å². The smallest absolute Gasteiger partial charge is 0.306 e. The maximum Gasteiger partial charge on any atom is 0.306 e. The van der Waals surface area contributed by atoms with Crippen LogP contribution in [-0.2, 0) is 0 Å². The molecule has 2 aromatic carbocycles. The fourth-order valence-corrected chi connectivity index (χ4v) is 2.42. The van der Waals surface area contributed by atoms with Crippen molar-refractivity contribution in [2.75, 3.05) is 5.32 Å². The highest BCUT2D eigenvalue weighted by Gasteiger charge is 2.18. The van der Waals surface area contributed by atoms with Crippen LogP contribution in [0.4, 0.5) is 15.8 Å². The Bertz CT molecular complexity index is 971. The van der Waals surface area contributed by atoms with Crippen molar-refractivity contribution in [3.63, 3.8) is 0 Å². The summed E-state index contributed by atoms with van der Waals surface area (Å²) >= 11 is 6.08. The van der Waals surface area contributed by atoms with Crippen molar-refractivity contribution < 1.29 is 18.5 Å². The minimum Gasteiger partial charge on any atom is -0.451 e. The van der Waals surface area contributed by atoms with Crippen molar-refractivity contribution in [3.05, 3.63) is 81.3 Å². The van der Waals surface area contributed by atoms with Crippen molar-refractivity contribution >= 4 is 28.9 Å². The second-order valence-electron chi connectivity index (χ2n) is 5.02. The number of nitrogens with one attached hydrogen (secondary N) is 1. The summed E-state index contributed by atoms with van der Waals surface area (Å²) in [5, 5.41) is 13.6. The molecule has 0 unspecified atom stereocenters. The van der Waals surface area contributed by atoms with Crippen LogP contribution in [0.3, 0.4) is 0 Å². The first-order valence-corrected chi connectivity index (χ1v) is 7.43. The van der Waals surface area contributed by atoms with Crippen LogP contribution in [0.25, 0.3) is 11.3 Å². The zero-order chi connectivity index (χ0) is 18.0. The number of hydrogen-bond acceptors (Lipinski definition) is 4. The standard InChI is InChI=1S/C17H10ClFN2O4/c18-12-4-2-1-3-11(12)15-7-8-16(25-15)17(22)20-10-5-6-13(19)14(9-10)21(23)24/h1-9H,(H,20,22). The van der Waals surface area contributed by atoms with Gasteiger partial charge in [0, 0.05) is 17.3 Å². The van der Waals surface area contributed by atoms with E-state index in [1.54, 1.807) is 30.3 Å². The minimum absolute atomic E-state index is 0.0121. The van der Waals surface area contributed by atoms with Crippen LogP contribution in [0.15, 0.2) is 59.0 Å². The Hall–Kier alpha value is -3.19. The van der Waals surface area contributed by atoms with E-state index >= 15 is 0 Å². The number of anilines is 1. The highest BCUT2D eigenvalue weighted by atomic mass is 35.5. The molecule has 126 valence electrons. The molecular formula is C17H10ClFN2O4. The SMILES string of the molecule is O=C(Nc1ccc(F)c([N+](=O)[O-])c1)c1ccc(-c2ccccc2Cl)o1. The molecule has 0 bridgehead atoms. The summed E-state index contributed by atoms with van der Waals surface area (Å²) in [6.07, 6.45) is 0. The molecule has 0 fully saturated rings. The number of halogens is 2. The Balaban J connectivity index is 1.82. The number of nitro groups is 1. The first-order valence-electron chi connectivity index (χ1n) is 7.06. The average molecular weight is 361 g/mol. The van der Waals surface area contributed by atoms with E-state index in [1.807, 2.05) is 0 Å². The molecule has 1 aromatic heterocycles. The molecule has 0 spiro atoms. The third-order valence-electron chi connectivity index (χ3n) is 3.37. The summed E-state index contributed by atoms with van der Waals surface area (Å²) < 4.78 is 18.8. The first-order chi connectivity index (χ1) is 12.0. The quantitative estimate of drug-likeness (QED) is 0.529. The molecule has 3 aromatic rings. The highest BCUT2D eigenvalue weighted by molar-refractivity contribution is 6.33. The van der Waals surface area contributed by atoms with Gasteiger partial charge < -0.3 is 9.73 Å². The third-order valence-corrected chi connectivity index (χ3v) is 3.70. The summed E-state index contributed by atoms with van der Waals surface area (Å²) in [6.45, 7) is 0. The van der Waals surface area contributed by atoms with Crippen LogP contribution in [-0.4, -0.2) is 10.8 Å². The third kappa shape index (κ3) is 3.51.